The van der Waals surface area contributed by atoms with Gasteiger partial charge in [-0.1, -0.05) is 12.1 Å². The predicted octanol–water partition coefficient (Wildman–Crippen LogP) is 2.43. The van der Waals surface area contributed by atoms with Crippen LogP contribution in [0.5, 0.6) is 5.75 Å². The maximum Gasteiger partial charge on any atom is 0.248 e. The minimum atomic E-state index is -0.530. The van der Waals surface area contributed by atoms with Crippen LogP contribution in [-0.2, 0) is 11.2 Å². The summed E-state index contributed by atoms with van der Waals surface area (Å²) in [6.45, 7) is 0. The largest absolute Gasteiger partial charge is 0.497 e. The van der Waals surface area contributed by atoms with Gasteiger partial charge < -0.3 is 15.8 Å². The summed E-state index contributed by atoms with van der Waals surface area (Å²) >= 11 is 0. The third kappa shape index (κ3) is 4.66. The molecular formula is C20H18N4O3. The van der Waals surface area contributed by atoms with Crippen LogP contribution in [0.1, 0.15) is 15.9 Å². The molecule has 0 aliphatic rings. The topological polar surface area (TPSA) is 107 Å². The van der Waals surface area contributed by atoms with E-state index >= 15 is 0 Å². The van der Waals surface area contributed by atoms with E-state index in [0.717, 1.165) is 11.3 Å². The summed E-state index contributed by atoms with van der Waals surface area (Å²) in [6.07, 6.45) is 1.49. The second-order valence-corrected chi connectivity index (χ2v) is 5.81. The fourth-order valence-electron chi connectivity index (χ4n) is 2.55. The number of nitrogens with two attached hydrogens (primary N) is 1. The molecule has 7 heteroatoms. The van der Waals surface area contributed by atoms with Crippen LogP contribution in [0.2, 0.25) is 0 Å². The van der Waals surface area contributed by atoms with Gasteiger partial charge in [-0.05, 0) is 42.0 Å². The number of rotatable bonds is 6. The van der Waals surface area contributed by atoms with Crippen LogP contribution in [0.25, 0.3) is 11.3 Å². The van der Waals surface area contributed by atoms with Crippen LogP contribution >= 0.6 is 0 Å². The lowest BCUT2D eigenvalue weighted by Crippen LogP contribution is -2.16. The Morgan fingerprint density at radius 3 is 2.56 bits per heavy atom. The standard InChI is InChI=1S/C20H18N4O3/c1-27-16-7-5-14(6-8-16)17-11-18(23-12-22-17)24-19(25)10-13-3-2-4-15(9-13)20(21)26/h2-9,11-12H,10H2,1H3,(H2,21,26)(H,22,23,24,25). The van der Waals surface area contributed by atoms with Gasteiger partial charge in [0.25, 0.3) is 0 Å². The lowest BCUT2D eigenvalue weighted by atomic mass is 10.1. The van der Waals surface area contributed by atoms with Crippen LogP contribution in [0.3, 0.4) is 0 Å². The number of carbonyl (C=O) groups is 2. The summed E-state index contributed by atoms with van der Waals surface area (Å²) in [5.74, 6) is 0.361. The highest BCUT2D eigenvalue weighted by atomic mass is 16.5. The molecule has 3 aromatic rings. The first-order valence-corrected chi connectivity index (χ1v) is 8.20. The van der Waals surface area contributed by atoms with E-state index in [-0.39, 0.29) is 12.3 Å². The Labute approximate surface area is 156 Å². The molecule has 0 saturated carbocycles. The van der Waals surface area contributed by atoms with Crippen molar-refractivity contribution in [3.05, 3.63) is 72.1 Å². The SMILES string of the molecule is COc1ccc(-c2cc(NC(=O)Cc3cccc(C(N)=O)c3)ncn2)cc1. The Bertz CT molecular complexity index is 971. The number of nitrogens with zero attached hydrogens (tertiary/aromatic N) is 2. The van der Waals surface area contributed by atoms with Crippen molar-refractivity contribution >= 4 is 17.6 Å². The zero-order valence-electron chi connectivity index (χ0n) is 14.7. The Balaban J connectivity index is 1.71. The second kappa shape index (κ2) is 8.09. The average molecular weight is 362 g/mol. The van der Waals surface area contributed by atoms with E-state index in [2.05, 4.69) is 15.3 Å². The number of primary amides is 1. The normalized spacial score (nSPS) is 10.3. The molecule has 0 unspecified atom stereocenters. The lowest BCUT2D eigenvalue weighted by Gasteiger charge is -2.07. The van der Waals surface area contributed by atoms with Gasteiger partial charge in [0, 0.05) is 17.2 Å². The molecule has 0 spiro atoms. The van der Waals surface area contributed by atoms with Gasteiger partial charge in [-0.25, -0.2) is 9.97 Å². The smallest absolute Gasteiger partial charge is 0.248 e. The van der Waals surface area contributed by atoms with Gasteiger partial charge in [0.05, 0.1) is 19.2 Å². The molecule has 2 amide bonds. The number of benzene rings is 2. The fourth-order valence-corrected chi connectivity index (χ4v) is 2.55. The summed E-state index contributed by atoms with van der Waals surface area (Å²) in [5.41, 5.74) is 7.87. The minimum Gasteiger partial charge on any atom is -0.497 e. The predicted molar refractivity (Wildman–Crippen MR) is 101 cm³/mol. The van der Waals surface area contributed by atoms with Crippen LogP contribution in [0, 0.1) is 0 Å². The van der Waals surface area contributed by atoms with Gasteiger partial charge >= 0.3 is 0 Å². The molecule has 7 nitrogen and oxygen atoms in total. The fraction of sp³-hybridized carbons (Fsp3) is 0.100. The Morgan fingerprint density at radius 2 is 1.85 bits per heavy atom. The van der Waals surface area contributed by atoms with E-state index in [0.29, 0.717) is 22.6 Å². The number of carbonyl (C=O) groups excluding carboxylic acids is 2. The van der Waals surface area contributed by atoms with Crippen molar-refractivity contribution in [2.24, 2.45) is 5.73 Å². The van der Waals surface area contributed by atoms with Crippen LogP contribution < -0.4 is 15.8 Å². The maximum atomic E-state index is 12.3. The first kappa shape index (κ1) is 18.1. The molecule has 0 aliphatic heterocycles. The van der Waals surface area contributed by atoms with Gasteiger partial charge in [-0.3, -0.25) is 9.59 Å². The molecule has 136 valence electrons. The molecule has 3 rings (SSSR count). The zero-order valence-corrected chi connectivity index (χ0v) is 14.7. The van der Waals surface area contributed by atoms with Gasteiger partial charge in [0.1, 0.15) is 17.9 Å². The third-order valence-electron chi connectivity index (χ3n) is 3.90. The first-order chi connectivity index (χ1) is 13.0. The number of anilines is 1. The van der Waals surface area contributed by atoms with E-state index in [1.807, 2.05) is 24.3 Å². The molecule has 0 atom stereocenters. The van der Waals surface area contributed by atoms with Crippen molar-refractivity contribution in [3.63, 3.8) is 0 Å². The minimum absolute atomic E-state index is 0.100. The van der Waals surface area contributed by atoms with E-state index in [1.54, 1.807) is 37.4 Å². The molecular weight excluding hydrogens is 344 g/mol. The van der Waals surface area contributed by atoms with Gasteiger partial charge in [0.15, 0.2) is 0 Å². The molecule has 27 heavy (non-hydrogen) atoms. The molecule has 0 saturated heterocycles. The van der Waals surface area contributed by atoms with E-state index in [9.17, 15) is 9.59 Å². The average Bonchev–Trinajstić information content (AvgIpc) is 2.68. The summed E-state index contributed by atoms with van der Waals surface area (Å²) < 4.78 is 5.14. The lowest BCUT2D eigenvalue weighted by molar-refractivity contribution is -0.115. The van der Waals surface area contributed by atoms with E-state index < -0.39 is 5.91 Å². The number of methoxy groups -OCH3 is 1. The number of hydrogen-bond acceptors (Lipinski definition) is 5. The van der Waals surface area contributed by atoms with Gasteiger partial charge in [-0.15, -0.1) is 0 Å². The van der Waals surface area contributed by atoms with Crippen LogP contribution in [0.4, 0.5) is 5.82 Å². The highest BCUT2D eigenvalue weighted by Crippen LogP contribution is 2.21. The third-order valence-corrected chi connectivity index (χ3v) is 3.90. The Morgan fingerprint density at radius 1 is 1.07 bits per heavy atom. The number of hydrogen-bond donors (Lipinski definition) is 2. The summed E-state index contributed by atoms with van der Waals surface area (Å²) in [5, 5.41) is 2.74. The number of aromatic nitrogens is 2. The number of nitrogens with one attached hydrogen (secondary N) is 1. The quantitative estimate of drug-likeness (QED) is 0.700. The number of amides is 2. The first-order valence-electron chi connectivity index (χ1n) is 8.20. The second-order valence-electron chi connectivity index (χ2n) is 5.81. The van der Waals surface area contributed by atoms with Crippen molar-refractivity contribution < 1.29 is 14.3 Å². The highest BCUT2D eigenvalue weighted by molar-refractivity contribution is 5.94. The molecule has 0 radical (unpaired) electrons. The zero-order chi connectivity index (χ0) is 19.2. The Hall–Kier alpha value is -3.74. The summed E-state index contributed by atoms with van der Waals surface area (Å²) in [6, 6.07) is 15.8. The molecule has 2 aromatic carbocycles. The van der Waals surface area contributed by atoms with Crippen LogP contribution in [-0.4, -0.2) is 28.9 Å². The van der Waals surface area contributed by atoms with Gasteiger partial charge in [-0.2, -0.15) is 0 Å². The molecule has 0 aliphatic carbocycles. The van der Waals surface area contributed by atoms with Crippen molar-refractivity contribution in [3.8, 4) is 17.0 Å². The van der Waals surface area contributed by atoms with Crippen molar-refractivity contribution in [2.75, 3.05) is 12.4 Å². The molecule has 1 aromatic heterocycles. The number of ether oxygens (including phenoxy) is 1. The molecule has 1 heterocycles. The maximum absolute atomic E-state index is 12.3. The van der Waals surface area contributed by atoms with Crippen molar-refractivity contribution in [1.29, 1.82) is 0 Å². The van der Waals surface area contributed by atoms with Crippen molar-refractivity contribution in [1.82, 2.24) is 9.97 Å². The summed E-state index contributed by atoms with van der Waals surface area (Å²) in [7, 11) is 1.60. The van der Waals surface area contributed by atoms with E-state index in [4.69, 9.17) is 10.5 Å². The summed E-state index contributed by atoms with van der Waals surface area (Å²) in [4.78, 5) is 31.8. The van der Waals surface area contributed by atoms with Crippen LogP contribution in [0.15, 0.2) is 60.9 Å². The van der Waals surface area contributed by atoms with Crippen molar-refractivity contribution in [2.45, 2.75) is 6.42 Å². The molecule has 3 N–H and O–H groups in total. The van der Waals surface area contributed by atoms with E-state index in [1.165, 1.54) is 6.33 Å². The van der Waals surface area contributed by atoms with Gasteiger partial charge in [0.2, 0.25) is 11.8 Å². The Kier molecular flexibility index (Phi) is 5.41. The monoisotopic (exact) mass is 362 g/mol. The highest BCUT2D eigenvalue weighted by Gasteiger charge is 2.09. The molecule has 0 bridgehead atoms. The molecule has 0 fully saturated rings.